The Balaban J connectivity index is 1.68. The van der Waals surface area contributed by atoms with E-state index < -0.39 is 0 Å². The molecule has 0 unspecified atom stereocenters. The van der Waals surface area contributed by atoms with Gasteiger partial charge in [0.1, 0.15) is 5.75 Å². The van der Waals surface area contributed by atoms with Crippen molar-refractivity contribution >= 4 is 23.0 Å². The summed E-state index contributed by atoms with van der Waals surface area (Å²) >= 11 is 0. The van der Waals surface area contributed by atoms with Crippen molar-refractivity contribution in [3.05, 3.63) is 77.6 Å². The van der Waals surface area contributed by atoms with Gasteiger partial charge < -0.3 is 15.4 Å². The van der Waals surface area contributed by atoms with Crippen LogP contribution < -0.4 is 15.4 Å². The molecule has 3 aromatic rings. The van der Waals surface area contributed by atoms with Crippen LogP contribution in [0.5, 0.6) is 5.75 Å². The topological polar surface area (TPSA) is 63.2 Å². The number of aryl methyl sites for hydroxylation is 2. The molecule has 28 heavy (non-hydrogen) atoms. The van der Waals surface area contributed by atoms with Crippen molar-refractivity contribution in [1.29, 1.82) is 0 Å². The average Bonchev–Trinajstić information content (AvgIpc) is 2.66. The Labute approximate surface area is 165 Å². The summed E-state index contributed by atoms with van der Waals surface area (Å²) in [6.45, 7) is 8.09. The van der Waals surface area contributed by atoms with Crippen LogP contribution in [-0.2, 0) is 0 Å². The summed E-state index contributed by atoms with van der Waals surface area (Å²) in [5, 5.41) is 6.18. The van der Waals surface area contributed by atoms with Crippen LogP contribution in [0.25, 0.3) is 0 Å². The van der Waals surface area contributed by atoms with E-state index in [-0.39, 0.29) is 12.0 Å². The van der Waals surface area contributed by atoms with Crippen LogP contribution in [0.3, 0.4) is 0 Å². The van der Waals surface area contributed by atoms with E-state index in [0.717, 1.165) is 17.1 Å². The molecular formula is C23H25N3O2. The van der Waals surface area contributed by atoms with E-state index in [1.54, 1.807) is 18.5 Å². The van der Waals surface area contributed by atoms with E-state index in [9.17, 15) is 4.79 Å². The second kappa shape index (κ2) is 8.57. The fourth-order valence-corrected chi connectivity index (χ4v) is 2.71. The molecule has 0 saturated heterocycles. The molecule has 5 heteroatoms. The molecule has 5 nitrogen and oxygen atoms in total. The van der Waals surface area contributed by atoms with Crippen LogP contribution in [0.4, 0.5) is 17.1 Å². The van der Waals surface area contributed by atoms with Crippen molar-refractivity contribution in [2.24, 2.45) is 0 Å². The molecule has 0 aliphatic heterocycles. The van der Waals surface area contributed by atoms with Crippen LogP contribution in [-0.4, -0.2) is 17.0 Å². The second-order valence-electron chi connectivity index (χ2n) is 7.03. The number of anilines is 3. The summed E-state index contributed by atoms with van der Waals surface area (Å²) in [4.78, 5) is 16.8. The first kappa shape index (κ1) is 19.4. The zero-order chi connectivity index (χ0) is 20.1. The van der Waals surface area contributed by atoms with Crippen molar-refractivity contribution in [3.63, 3.8) is 0 Å². The number of benzene rings is 2. The molecule has 0 aliphatic carbocycles. The lowest BCUT2D eigenvalue weighted by atomic mass is 10.1. The third kappa shape index (κ3) is 5.10. The number of amides is 1. The number of nitrogens with zero attached hydrogens (tertiary/aromatic N) is 1. The SMILES string of the molecule is Cc1ccc(Nc2cncc(C(=O)Nc3ccc(OC(C)C)cc3)c2)cc1C. The summed E-state index contributed by atoms with van der Waals surface area (Å²) in [7, 11) is 0. The predicted octanol–water partition coefficient (Wildman–Crippen LogP) is 5.48. The molecule has 3 rings (SSSR count). The molecule has 0 atom stereocenters. The van der Waals surface area contributed by atoms with Crippen LogP contribution in [0.1, 0.15) is 35.3 Å². The van der Waals surface area contributed by atoms with Crippen molar-refractivity contribution in [1.82, 2.24) is 4.98 Å². The Morgan fingerprint density at radius 2 is 1.61 bits per heavy atom. The lowest BCUT2D eigenvalue weighted by Crippen LogP contribution is -2.12. The minimum Gasteiger partial charge on any atom is -0.491 e. The molecule has 2 aromatic carbocycles. The fourth-order valence-electron chi connectivity index (χ4n) is 2.71. The number of hydrogen-bond donors (Lipinski definition) is 2. The first-order valence-corrected chi connectivity index (χ1v) is 9.28. The number of carbonyl (C=O) groups excluding carboxylic acids is 1. The highest BCUT2D eigenvalue weighted by Crippen LogP contribution is 2.21. The normalized spacial score (nSPS) is 10.6. The van der Waals surface area contributed by atoms with Gasteiger partial charge in [0, 0.05) is 17.6 Å². The van der Waals surface area contributed by atoms with E-state index in [2.05, 4.69) is 41.6 Å². The quantitative estimate of drug-likeness (QED) is 0.599. The second-order valence-corrected chi connectivity index (χ2v) is 7.03. The van der Waals surface area contributed by atoms with Gasteiger partial charge in [-0.25, -0.2) is 0 Å². The Morgan fingerprint density at radius 3 is 2.29 bits per heavy atom. The van der Waals surface area contributed by atoms with Crippen LogP contribution >= 0.6 is 0 Å². The molecule has 0 aliphatic rings. The molecule has 0 bridgehead atoms. The maximum absolute atomic E-state index is 12.6. The highest BCUT2D eigenvalue weighted by molar-refractivity contribution is 6.04. The minimum absolute atomic E-state index is 0.110. The van der Waals surface area contributed by atoms with Crippen LogP contribution in [0.2, 0.25) is 0 Å². The first-order chi connectivity index (χ1) is 13.4. The lowest BCUT2D eigenvalue weighted by Gasteiger charge is -2.11. The van der Waals surface area contributed by atoms with E-state index in [0.29, 0.717) is 11.3 Å². The summed E-state index contributed by atoms with van der Waals surface area (Å²) < 4.78 is 5.62. The third-order valence-electron chi connectivity index (χ3n) is 4.28. The maximum Gasteiger partial charge on any atom is 0.257 e. The molecule has 0 saturated carbocycles. The Morgan fingerprint density at radius 1 is 0.893 bits per heavy atom. The molecule has 0 spiro atoms. The van der Waals surface area contributed by atoms with E-state index in [1.165, 1.54) is 11.1 Å². The number of pyridine rings is 1. The van der Waals surface area contributed by atoms with Crippen molar-refractivity contribution in [3.8, 4) is 5.75 Å². The maximum atomic E-state index is 12.6. The van der Waals surface area contributed by atoms with Crippen LogP contribution in [0, 0.1) is 13.8 Å². The van der Waals surface area contributed by atoms with Crippen molar-refractivity contribution < 1.29 is 9.53 Å². The zero-order valence-electron chi connectivity index (χ0n) is 16.6. The summed E-state index contributed by atoms with van der Waals surface area (Å²) in [5.41, 5.74) is 5.35. The Bertz CT molecular complexity index is 966. The van der Waals surface area contributed by atoms with Gasteiger partial charge in [-0.05, 0) is 81.3 Å². The number of rotatable bonds is 6. The van der Waals surface area contributed by atoms with E-state index in [1.807, 2.05) is 44.2 Å². The minimum atomic E-state index is -0.214. The lowest BCUT2D eigenvalue weighted by molar-refractivity contribution is 0.102. The van der Waals surface area contributed by atoms with Gasteiger partial charge in [0.05, 0.1) is 23.6 Å². The highest BCUT2D eigenvalue weighted by Gasteiger charge is 2.09. The van der Waals surface area contributed by atoms with Gasteiger partial charge in [0.25, 0.3) is 5.91 Å². The smallest absolute Gasteiger partial charge is 0.257 e. The summed E-state index contributed by atoms with van der Waals surface area (Å²) in [6, 6.07) is 15.2. The summed E-state index contributed by atoms with van der Waals surface area (Å²) in [5.74, 6) is 0.558. The van der Waals surface area contributed by atoms with Crippen LogP contribution in [0.15, 0.2) is 60.9 Å². The molecule has 0 radical (unpaired) electrons. The van der Waals surface area contributed by atoms with Gasteiger partial charge in [0.15, 0.2) is 0 Å². The Hall–Kier alpha value is -3.34. The molecule has 144 valence electrons. The number of ether oxygens (including phenoxy) is 1. The highest BCUT2D eigenvalue weighted by atomic mass is 16.5. The van der Waals surface area contributed by atoms with Gasteiger partial charge in [-0.1, -0.05) is 6.07 Å². The summed E-state index contributed by atoms with van der Waals surface area (Å²) in [6.07, 6.45) is 3.36. The van der Waals surface area contributed by atoms with Gasteiger partial charge in [0.2, 0.25) is 0 Å². The average molecular weight is 375 g/mol. The molecular weight excluding hydrogens is 350 g/mol. The molecule has 1 amide bonds. The van der Waals surface area contributed by atoms with Gasteiger partial charge >= 0.3 is 0 Å². The molecule has 1 heterocycles. The number of hydrogen-bond acceptors (Lipinski definition) is 4. The Kier molecular flexibility index (Phi) is 5.94. The first-order valence-electron chi connectivity index (χ1n) is 9.28. The van der Waals surface area contributed by atoms with Gasteiger partial charge in [-0.2, -0.15) is 0 Å². The van der Waals surface area contributed by atoms with Gasteiger partial charge in [-0.15, -0.1) is 0 Å². The number of carbonyl (C=O) groups is 1. The van der Waals surface area contributed by atoms with Gasteiger partial charge in [-0.3, -0.25) is 9.78 Å². The third-order valence-corrected chi connectivity index (χ3v) is 4.28. The zero-order valence-corrected chi connectivity index (χ0v) is 16.6. The van der Waals surface area contributed by atoms with E-state index >= 15 is 0 Å². The van der Waals surface area contributed by atoms with E-state index in [4.69, 9.17) is 4.74 Å². The fraction of sp³-hybridized carbons (Fsp3) is 0.217. The van der Waals surface area contributed by atoms with Crippen molar-refractivity contribution in [2.75, 3.05) is 10.6 Å². The predicted molar refractivity (Wildman–Crippen MR) is 114 cm³/mol. The monoisotopic (exact) mass is 375 g/mol. The molecule has 1 aromatic heterocycles. The van der Waals surface area contributed by atoms with Crippen molar-refractivity contribution in [2.45, 2.75) is 33.8 Å². The number of nitrogens with one attached hydrogen (secondary N) is 2. The standard InChI is InChI=1S/C23H25N3O2/c1-15(2)28-22-9-7-19(8-10-22)26-23(27)18-12-21(14-24-13-18)25-20-6-5-16(3)17(4)11-20/h5-15,25H,1-4H3,(H,26,27). The molecule has 2 N–H and O–H groups in total. The number of aromatic nitrogens is 1. The molecule has 0 fully saturated rings. The largest absolute Gasteiger partial charge is 0.491 e.